The molecule has 0 aliphatic rings. The van der Waals surface area contributed by atoms with Gasteiger partial charge in [-0.25, -0.2) is 0 Å². The lowest BCUT2D eigenvalue weighted by Gasteiger charge is -2.11. The molecule has 1 aromatic heterocycles. The third kappa shape index (κ3) is 3.59. The van der Waals surface area contributed by atoms with E-state index in [1.807, 2.05) is 12.4 Å². The van der Waals surface area contributed by atoms with Crippen LogP contribution in [-0.2, 0) is 12.8 Å². The SMILES string of the molecule is CCCc1ccccc1NCCc1ccncc1. The van der Waals surface area contributed by atoms with E-state index in [1.165, 1.54) is 23.2 Å². The van der Waals surface area contributed by atoms with Crippen molar-refractivity contribution in [3.63, 3.8) is 0 Å². The molecule has 94 valence electrons. The number of para-hydroxylation sites is 1. The lowest BCUT2D eigenvalue weighted by molar-refractivity contribution is 0.916. The van der Waals surface area contributed by atoms with Gasteiger partial charge in [-0.2, -0.15) is 0 Å². The Kier molecular flexibility index (Phi) is 4.77. The predicted molar refractivity (Wildman–Crippen MR) is 76.9 cm³/mol. The van der Waals surface area contributed by atoms with Crippen molar-refractivity contribution in [2.45, 2.75) is 26.2 Å². The normalized spacial score (nSPS) is 10.3. The summed E-state index contributed by atoms with van der Waals surface area (Å²) in [7, 11) is 0. The number of aromatic nitrogens is 1. The molecule has 0 atom stereocenters. The maximum absolute atomic E-state index is 4.03. The molecule has 0 saturated carbocycles. The van der Waals surface area contributed by atoms with Crippen LogP contribution in [0, 0.1) is 0 Å². The summed E-state index contributed by atoms with van der Waals surface area (Å²) in [6.07, 6.45) is 7.05. The second kappa shape index (κ2) is 6.80. The van der Waals surface area contributed by atoms with E-state index in [9.17, 15) is 0 Å². The van der Waals surface area contributed by atoms with Crippen molar-refractivity contribution in [2.24, 2.45) is 0 Å². The number of pyridine rings is 1. The highest BCUT2D eigenvalue weighted by atomic mass is 14.9. The number of anilines is 1. The lowest BCUT2D eigenvalue weighted by Crippen LogP contribution is -2.06. The average Bonchev–Trinajstić information content (AvgIpc) is 2.42. The van der Waals surface area contributed by atoms with Crippen molar-refractivity contribution in [2.75, 3.05) is 11.9 Å². The van der Waals surface area contributed by atoms with Gasteiger partial charge in [0.1, 0.15) is 0 Å². The molecule has 0 spiro atoms. The number of hydrogen-bond acceptors (Lipinski definition) is 2. The van der Waals surface area contributed by atoms with Crippen LogP contribution >= 0.6 is 0 Å². The summed E-state index contributed by atoms with van der Waals surface area (Å²) >= 11 is 0. The molecule has 0 radical (unpaired) electrons. The van der Waals surface area contributed by atoms with Gasteiger partial charge in [0.2, 0.25) is 0 Å². The Bertz CT molecular complexity index is 466. The molecule has 2 nitrogen and oxygen atoms in total. The molecule has 1 heterocycles. The molecule has 1 aromatic carbocycles. The van der Waals surface area contributed by atoms with Gasteiger partial charge < -0.3 is 5.32 Å². The number of aryl methyl sites for hydroxylation is 1. The van der Waals surface area contributed by atoms with Crippen LogP contribution in [0.5, 0.6) is 0 Å². The maximum Gasteiger partial charge on any atom is 0.0372 e. The summed E-state index contributed by atoms with van der Waals surface area (Å²) in [5.41, 5.74) is 4.01. The second-order valence-corrected chi connectivity index (χ2v) is 4.44. The van der Waals surface area contributed by atoms with Crippen LogP contribution in [0.4, 0.5) is 5.69 Å². The van der Waals surface area contributed by atoms with Crippen LogP contribution in [-0.4, -0.2) is 11.5 Å². The van der Waals surface area contributed by atoms with Crippen LogP contribution in [0.15, 0.2) is 48.8 Å². The number of rotatable bonds is 6. The molecule has 0 aliphatic carbocycles. The summed E-state index contributed by atoms with van der Waals surface area (Å²) in [6.45, 7) is 3.18. The molecule has 0 aliphatic heterocycles. The minimum atomic E-state index is 0.963. The highest BCUT2D eigenvalue weighted by Gasteiger charge is 1.99. The van der Waals surface area contributed by atoms with Crippen LogP contribution in [0.1, 0.15) is 24.5 Å². The molecule has 0 bridgehead atoms. The Balaban J connectivity index is 1.90. The van der Waals surface area contributed by atoms with Crippen LogP contribution in [0.2, 0.25) is 0 Å². The van der Waals surface area contributed by atoms with E-state index in [0.29, 0.717) is 0 Å². The van der Waals surface area contributed by atoms with Gasteiger partial charge in [-0.05, 0) is 42.2 Å². The predicted octanol–water partition coefficient (Wildman–Crippen LogP) is 3.69. The molecule has 2 rings (SSSR count). The van der Waals surface area contributed by atoms with Crippen molar-refractivity contribution >= 4 is 5.69 Å². The quantitative estimate of drug-likeness (QED) is 0.833. The van der Waals surface area contributed by atoms with E-state index < -0.39 is 0 Å². The van der Waals surface area contributed by atoms with Gasteiger partial charge in [-0.1, -0.05) is 31.5 Å². The van der Waals surface area contributed by atoms with Gasteiger partial charge in [-0.15, -0.1) is 0 Å². The third-order valence-corrected chi connectivity index (χ3v) is 3.02. The van der Waals surface area contributed by atoms with Gasteiger partial charge in [-0.3, -0.25) is 4.98 Å². The first-order chi connectivity index (χ1) is 8.90. The molecule has 0 saturated heterocycles. The number of hydrogen-bond donors (Lipinski definition) is 1. The standard InChI is InChI=1S/C16H20N2/c1-2-5-15-6-3-4-7-16(15)18-13-10-14-8-11-17-12-9-14/h3-4,6-9,11-12,18H,2,5,10,13H2,1H3. The summed E-state index contributed by atoms with van der Waals surface area (Å²) in [5.74, 6) is 0. The van der Waals surface area contributed by atoms with Crippen LogP contribution in [0.25, 0.3) is 0 Å². The van der Waals surface area contributed by atoms with Gasteiger partial charge >= 0.3 is 0 Å². The Hall–Kier alpha value is -1.83. The molecule has 18 heavy (non-hydrogen) atoms. The molecule has 2 aromatic rings. The van der Waals surface area contributed by atoms with E-state index in [4.69, 9.17) is 0 Å². The topological polar surface area (TPSA) is 24.9 Å². The highest BCUT2D eigenvalue weighted by molar-refractivity contribution is 5.51. The Morgan fingerprint density at radius 2 is 1.78 bits per heavy atom. The van der Waals surface area contributed by atoms with E-state index in [2.05, 4.69) is 53.6 Å². The van der Waals surface area contributed by atoms with Crippen molar-refractivity contribution in [3.8, 4) is 0 Å². The van der Waals surface area contributed by atoms with Crippen molar-refractivity contribution < 1.29 is 0 Å². The summed E-state index contributed by atoms with van der Waals surface area (Å²) in [4.78, 5) is 4.03. The summed E-state index contributed by atoms with van der Waals surface area (Å²) in [6, 6.07) is 12.7. The first-order valence-electron chi connectivity index (χ1n) is 6.61. The fourth-order valence-corrected chi connectivity index (χ4v) is 2.07. The Morgan fingerprint density at radius 3 is 2.56 bits per heavy atom. The van der Waals surface area contributed by atoms with Crippen LogP contribution < -0.4 is 5.32 Å². The van der Waals surface area contributed by atoms with Crippen molar-refractivity contribution in [3.05, 3.63) is 59.9 Å². The molecule has 1 N–H and O–H groups in total. The van der Waals surface area contributed by atoms with Gasteiger partial charge in [0.05, 0.1) is 0 Å². The fourth-order valence-electron chi connectivity index (χ4n) is 2.07. The molecular weight excluding hydrogens is 220 g/mol. The van der Waals surface area contributed by atoms with Crippen molar-refractivity contribution in [1.29, 1.82) is 0 Å². The maximum atomic E-state index is 4.03. The van der Waals surface area contributed by atoms with Crippen molar-refractivity contribution in [1.82, 2.24) is 4.98 Å². The first kappa shape index (κ1) is 12.6. The number of nitrogens with zero attached hydrogens (tertiary/aromatic N) is 1. The zero-order valence-corrected chi connectivity index (χ0v) is 10.9. The molecular formula is C16H20N2. The fraction of sp³-hybridized carbons (Fsp3) is 0.312. The molecule has 0 fully saturated rings. The van der Waals surface area contributed by atoms with E-state index in [-0.39, 0.29) is 0 Å². The monoisotopic (exact) mass is 240 g/mol. The minimum Gasteiger partial charge on any atom is -0.384 e. The van der Waals surface area contributed by atoms with E-state index in [1.54, 1.807) is 0 Å². The zero-order chi connectivity index (χ0) is 12.6. The Morgan fingerprint density at radius 1 is 1.00 bits per heavy atom. The second-order valence-electron chi connectivity index (χ2n) is 4.44. The first-order valence-corrected chi connectivity index (χ1v) is 6.61. The molecule has 2 heteroatoms. The van der Waals surface area contributed by atoms with Gasteiger partial charge in [0.15, 0.2) is 0 Å². The minimum absolute atomic E-state index is 0.963. The molecule has 0 amide bonds. The van der Waals surface area contributed by atoms with Crippen LogP contribution in [0.3, 0.4) is 0 Å². The number of benzene rings is 1. The smallest absolute Gasteiger partial charge is 0.0372 e. The lowest BCUT2D eigenvalue weighted by atomic mass is 10.1. The summed E-state index contributed by atoms with van der Waals surface area (Å²) < 4.78 is 0. The third-order valence-electron chi connectivity index (χ3n) is 3.02. The average molecular weight is 240 g/mol. The molecule has 0 unspecified atom stereocenters. The summed E-state index contributed by atoms with van der Waals surface area (Å²) in [5, 5.41) is 3.53. The largest absolute Gasteiger partial charge is 0.384 e. The van der Waals surface area contributed by atoms with Gasteiger partial charge in [0, 0.05) is 24.6 Å². The number of nitrogens with one attached hydrogen (secondary N) is 1. The zero-order valence-electron chi connectivity index (χ0n) is 10.9. The Labute approximate surface area is 109 Å². The highest BCUT2D eigenvalue weighted by Crippen LogP contribution is 2.16. The van der Waals surface area contributed by atoms with E-state index >= 15 is 0 Å². The van der Waals surface area contributed by atoms with E-state index in [0.717, 1.165) is 19.4 Å². The van der Waals surface area contributed by atoms with Gasteiger partial charge in [0.25, 0.3) is 0 Å².